The highest BCUT2D eigenvalue weighted by Gasteiger charge is 2.34. The number of hydrogen-bond donors (Lipinski definition) is 1. The third kappa shape index (κ3) is 2.93. The number of rotatable bonds is 6. The van der Waals surface area contributed by atoms with E-state index in [2.05, 4.69) is 56.1 Å². The lowest BCUT2D eigenvalue weighted by Gasteiger charge is -2.36. The van der Waals surface area contributed by atoms with Crippen molar-refractivity contribution in [2.24, 2.45) is 11.7 Å². The van der Waals surface area contributed by atoms with E-state index in [0.717, 1.165) is 12.5 Å². The Labute approximate surface area is 111 Å². The largest absolute Gasteiger partial charge is 0.330 e. The van der Waals surface area contributed by atoms with Crippen LogP contribution in [0, 0.1) is 5.92 Å². The Balaban J connectivity index is 2.07. The van der Waals surface area contributed by atoms with Crippen molar-refractivity contribution in [2.45, 2.75) is 38.1 Å². The van der Waals surface area contributed by atoms with Crippen LogP contribution in [-0.4, -0.2) is 31.1 Å². The number of hydrogen-bond acceptors (Lipinski definition) is 2. The molecule has 2 heteroatoms. The van der Waals surface area contributed by atoms with Gasteiger partial charge in [-0.3, -0.25) is 0 Å². The summed E-state index contributed by atoms with van der Waals surface area (Å²) in [6, 6.07) is 11.3. The fourth-order valence-corrected chi connectivity index (χ4v) is 2.75. The molecule has 1 aliphatic rings. The first-order valence-corrected chi connectivity index (χ1v) is 7.02. The van der Waals surface area contributed by atoms with E-state index in [4.69, 9.17) is 5.73 Å². The molecule has 1 saturated carbocycles. The predicted octanol–water partition coefficient (Wildman–Crippen LogP) is 2.63. The number of nitrogens with zero attached hydrogens (tertiary/aromatic N) is 1. The summed E-state index contributed by atoms with van der Waals surface area (Å²) >= 11 is 0. The second kappa shape index (κ2) is 5.41. The molecule has 2 atom stereocenters. The summed E-state index contributed by atoms with van der Waals surface area (Å²) in [6.07, 6.45) is 2.80. The summed E-state index contributed by atoms with van der Waals surface area (Å²) in [5, 5.41) is 0. The number of nitrogens with two attached hydrogens (primary N) is 1. The van der Waals surface area contributed by atoms with Gasteiger partial charge in [0.15, 0.2) is 0 Å². The Hall–Kier alpha value is -0.860. The monoisotopic (exact) mass is 246 g/mol. The van der Waals surface area contributed by atoms with Gasteiger partial charge in [0.05, 0.1) is 0 Å². The summed E-state index contributed by atoms with van der Waals surface area (Å²) in [5.74, 6) is 0.910. The zero-order chi connectivity index (χ0) is 13.2. The Kier molecular flexibility index (Phi) is 4.08. The molecule has 2 nitrogen and oxygen atoms in total. The average molecular weight is 246 g/mol. The summed E-state index contributed by atoms with van der Waals surface area (Å²) in [6.45, 7) is 6.35. The van der Waals surface area contributed by atoms with Crippen LogP contribution in [0.25, 0.3) is 0 Å². The zero-order valence-corrected chi connectivity index (χ0v) is 11.9. The number of benzene rings is 1. The van der Waals surface area contributed by atoms with Gasteiger partial charge < -0.3 is 10.6 Å². The highest BCUT2D eigenvalue weighted by Crippen LogP contribution is 2.35. The Morgan fingerprint density at radius 1 is 1.33 bits per heavy atom. The fraction of sp³-hybridized carbons (Fsp3) is 0.625. The van der Waals surface area contributed by atoms with E-state index in [1.807, 2.05) is 0 Å². The van der Waals surface area contributed by atoms with Gasteiger partial charge in [-0.15, -0.1) is 0 Å². The normalized spacial score (nSPS) is 20.7. The minimum Gasteiger partial charge on any atom is -0.330 e. The van der Waals surface area contributed by atoms with Gasteiger partial charge in [-0.25, -0.2) is 0 Å². The van der Waals surface area contributed by atoms with Gasteiger partial charge in [0.25, 0.3) is 0 Å². The molecule has 2 N–H and O–H groups in total. The molecule has 1 aromatic rings. The summed E-state index contributed by atoms with van der Waals surface area (Å²) in [7, 11) is 2.24. The molecule has 1 fully saturated rings. The van der Waals surface area contributed by atoms with E-state index in [9.17, 15) is 0 Å². The number of likely N-dealkylation sites (N-methyl/N-ethyl adjacent to an activating group) is 1. The molecule has 0 aliphatic heterocycles. The van der Waals surface area contributed by atoms with Crippen molar-refractivity contribution in [3.8, 4) is 0 Å². The smallest absolute Gasteiger partial charge is 0.0174 e. The van der Waals surface area contributed by atoms with E-state index >= 15 is 0 Å². The Bertz CT molecular complexity index is 372. The second-order valence-electron chi connectivity index (χ2n) is 6.12. The lowest BCUT2D eigenvalue weighted by atomic mass is 9.81. The highest BCUT2D eigenvalue weighted by atomic mass is 15.1. The van der Waals surface area contributed by atoms with Crippen LogP contribution in [0.1, 0.15) is 32.3 Å². The quantitative estimate of drug-likeness (QED) is 0.836. The van der Waals surface area contributed by atoms with Crippen LogP contribution < -0.4 is 5.73 Å². The maximum Gasteiger partial charge on any atom is 0.0174 e. The fourth-order valence-electron chi connectivity index (χ4n) is 2.75. The van der Waals surface area contributed by atoms with Crippen LogP contribution in [0.3, 0.4) is 0 Å². The molecule has 0 saturated heterocycles. The van der Waals surface area contributed by atoms with Gasteiger partial charge in [0, 0.05) is 24.5 Å². The molecular weight excluding hydrogens is 220 g/mol. The molecule has 0 amide bonds. The second-order valence-corrected chi connectivity index (χ2v) is 6.12. The third-order valence-electron chi connectivity index (χ3n) is 4.52. The first-order chi connectivity index (χ1) is 8.57. The standard InChI is InChI=1S/C16H26N2/c1-13(14-9-10-14)18(3)12-16(2,11-17)15-7-5-4-6-8-15/h4-8,13-14H,9-12,17H2,1-3H3. The van der Waals surface area contributed by atoms with Gasteiger partial charge in [-0.1, -0.05) is 37.3 Å². The molecule has 2 unspecified atom stereocenters. The Morgan fingerprint density at radius 2 is 1.94 bits per heavy atom. The van der Waals surface area contributed by atoms with E-state index in [-0.39, 0.29) is 5.41 Å². The predicted molar refractivity (Wildman–Crippen MR) is 77.7 cm³/mol. The maximum atomic E-state index is 6.05. The summed E-state index contributed by atoms with van der Waals surface area (Å²) in [4.78, 5) is 2.48. The highest BCUT2D eigenvalue weighted by molar-refractivity contribution is 5.25. The van der Waals surface area contributed by atoms with Crippen molar-refractivity contribution in [3.63, 3.8) is 0 Å². The molecule has 0 bridgehead atoms. The summed E-state index contributed by atoms with van der Waals surface area (Å²) < 4.78 is 0. The molecule has 18 heavy (non-hydrogen) atoms. The third-order valence-corrected chi connectivity index (χ3v) is 4.52. The van der Waals surface area contributed by atoms with Gasteiger partial charge in [0.1, 0.15) is 0 Å². The molecule has 1 aromatic carbocycles. The molecule has 1 aliphatic carbocycles. The van der Waals surface area contributed by atoms with E-state index < -0.39 is 0 Å². The SMILES string of the molecule is CC(C1CC1)N(C)CC(C)(CN)c1ccccc1. The van der Waals surface area contributed by atoms with Gasteiger partial charge in [-0.2, -0.15) is 0 Å². The maximum absolute atomic E-state index is 6.05. The lowest BCUT2D eigenvalue weighted by Crippen LogP contribution is -2.45. The van der Waals surface area contributed by atoms with Gasteiger partial charge >= 0.3 is 0 Å². The van der Waals surface area contributed by atoms with Crippen LogP contribution in [-0.2, 0) is 5.41 Å². The first-order valence-electron chi connectivity index (χ1n) is 7.02. The molecular formula is C16H26N2. The molecule has 0 aromatic heterocycles. The molecule has 100 valence electrons. The van der Waals surface area contributed by atoms with Crippen molar-refractivity contribution >= 4 is 0 Å². The topological polar surface area (TPSA) is 29.3 Å². The summed E-state index contributed by atoms with van der Waals surface area (Å²) in [5.41, 5.74) is 7.46. The van der Waals surface area contributed by atoms with E-state index in [1.54, 1.807) is 0 Å². The van der Waals surface area contributed by atoms with Gasteiger partial charge in [0.2, 0.25) is 0 Å². The van der Waals surface area contributed by atoms with Crippen LogP contribution >= 0.6 is 0 Å². The minimum atomic E-state index is 0.0547. The first kappa shape index (κ1) is 13.6. The van der Waals surface area contributed by atoms with Crippen LogP contribution in [0.4, 0.5) is 0 Å². The van der Waals surface area contributed by atoms with E-state index in [0.29, 0.717) is 12.6 Å². The Morgan fingerprint density at radius 3 is 2.44 bits per heavy atom. The average Bonchev–Trinajstić information content (AvgIpc) is 3.23. The van der Waals surface area contributed by atoms with Crippen LogP contribution in [0.5, 0.6) is 0 Å². The van der Waals surface area contributed by atoms with Gasteiger partial charge in [-0.05, 0) is 38.3 Å². The molecule has 0 spiro atoms. The van der Waals surface area contributed by atoms with Crippen molar-refractivity contribution in [1.29, 1.82) is 0 Å². The van der Waals surface area contributed by atoms with Crippen LogP contribution in [0.15, 0.2) is 30.3 Å². The van der Waals surface area contributed by atoms with Crippen LogP contribution in [0.2, 0.25) is 0 Å². The van der Waals surface area contributed by atoms with Crippen molar-refractivity contribution < 1.29 is 0 Å². The molecule has 0 radical (unpaired) electrons. The molecule has 0 heterocycles. The van der Waals surface area contributed by atoms with Crippen molar-refractivity contribution in [3.05, 3.63) is 35.9 Å². The minimum absolute atomic E-state index is 0.0547. The zero-order valence-electron chi connectivity index (χ0n) is 11.9. The molecule has 2 rings (SSSR count). The van der Waals surface area contributed by atoms with E-state index in [1.165, 1.54) is 18.4 Å². The lowest BCUT2D eigenvalue weighted by molar-refractivity contribution is 0.189. The van der Waals surface area contributed by atoms with Crippen molar-refractivity contribution in [1.82, 2.24) is 4.90 Å². The van der Waals surface area contributed by atoms with Crippen molar-refractivity contribution in [2.75, 3.05) is 20.1 Å².